The predicted octanol–water partition coefficient (Wildman–Crippen LogP) is 0.119. The second kappa shape index (κ2) is 3.01. The molecule has 4 heteroatoms. The number of carbonyl (C=O) groups is 2. The molecule has 0 saturated carbocycles. The summed E-state index contributed by atoms with van der Waals surface area (Å²) in [6, 6.07) is -0.369. The number of primary amides is 1. The lowest BCUT2D eigenvalue weighted by molar-refractivity contribution is -0.152. The fourth-order valence-corrected chi connectivity index (χ4v) is 1.36. The molecule has 13 heavy (non-hydrogen) atoms. The third-order valence-electron chi connectivity index (χ3n) is 2.25. The monoisotopic (exact) mass is 184 g/mol. The second-order valence-corrected chi connectivity index (χ2v) is 4.46. The molecule has 1 atom stereocenters. The van der Waals surface area contributed by atoms with Gasteiger partial charge in [0.15, 0.2) is 0 Å². The van der Waals surface area contributed by atoms with E-state index in [-0.39, 0.29) is 11.9 Å². The van der Waals surface area contributed by atoms with Gasteiger partial charge in [-0.15, -0.1) is 0 Å². The van der Waals surface area contributed by atoms with Crippen LogP contribution in [0.3, 0.4) is 0 Å². The van der Waals surface area contributed by atoms with Gasteiger partial charge in [-0.3, -0.25) is 9.59 Å². The Morgan fingerprint density at radius 2 is 1.92 bits per heavy atom. The van der Waals surface area contributed by atoms with Crippen LogP contribution in [0.2, 0.25) is 0 Å². The van der Waals surface area contributed by atoms with Crippen LogP contribution in [0.4, 0.5) is 0 Å². The van der Waals surface area contributed by atoms with Gasteiger partial charge in [-0.1, -0.05) is 20.8 Å². The van der Waals surface area contributed by atoms with Crippen LogP contribution in [-0.4, -0.2) is 29.3 Å². The van der Waals surface area contributed by atoms with E-state index in [0.29, 0.717) is 13.0 Å². The molecule has 4 nitrogen and oxygen atoms in total. The highest BCUT2D eigenvalue weighted by Gasteiger charge is 2.40. The van der Waals surface area contributed by atoms with Gasteiger partial charge in [0.2, 0.25) is 11.8 Å². The Hall–Kier alpha value is -1.06. The summed E-state index contributed by atoms with van der Waals surface area (Å²) in [6.07, 6.45) is 0.706. The van der Waals surface area contributed by atoms with Crippen molar-refractivity contribution in [3.63, 3.8) is 0 Å². The van der Waals surface area contributed by atoms with Crippen molar-refractivity contribution < 1.29 is 9.59 Å². The average Bonchev–Trinajstić information content (AvgIpc) is 1.80. The number of nitrogens with zero attached hydrogens (tertiary/aromatic N) is 1. The zero-order valence-electron chi connectivity index (χ0n) is 8.33. The molecule has 1 unspecified atom stereocenters. The number of nitrogens with two attached hydrogens (primary N) is 1. The molecular weight excluding hydrogens is 168 g/mol. The second-order valence-electron chi connectivity index (χ2n) is 4.46. The molecular formula is C9H16N2O2. The lowest BCUT2D eigenvalue weighted by atomic mass is 9.90. The molecule has 1 rings (SSSR count). The summed E-state index contributed by atoms with van der Waals surface area (Å²) in [7, 11) is 0. The van der Waals surface area contributed by atoms with Crippen LogP contribution in [0.5, 0.6) is 0 Å². The number of hydrogen-bond donors (Lipinski definition) is 1. The Balaban J connectivity index is 2.65. The zero-order valence-corrected chi connectivity index (χ0v) is 8.33. The number of carbonyl (C=O) groups excluding carboxylic acids is 2. The highest BCUT2D eigenvalue weighted by atomic mass is 16.2. The topological polar surface area (TPSA) is 63.4 Å². The predicted molar refractivity (Wildman–Crippen MR) is 48.8 cm³/mol. The van der Waals surface area contributed by atoms with E-state index < -0.39 is 11.3 Å². The highest BCUT2D eigenvalue weighted by molar-refractivity contribution is 5.90. The van der Waals surface area contributed by atoms with Crippen molar-refractivity contribution in [1.82, 2.24) is 4.90 Å². The normalized spacial score (nSPS) is 22.4. The van der Waals surface area contributed by atoms with Gasteiger partial charge in [-0.05, 0) is 6.42 Å². The fraction of sp³-hybridized carbons (Fsp3) is 0.778. The Morgan fingerprint density at radius 3 is 2.15 bits per heavy atom. The van der Waals surface area contributed by atoms with E-state index in [4.69, 9.17) is 5.73 Å². The number of likely N-dealkylation sites (tertiary alicyclic amines) is 1. The maximum atomic E-state index is 11.7. The van der Waals surface area contributed by atoms with Gasteiger partial charge in [-0.25, -0.2) is 0 Å². The van der Waals surface area contributed by atoms with E-state index in [1.807, 2.05) is 20.8 Å². The Bertz CT molecular complexity index is 242. The summed E-state index contributed by atoms with van der Waals surface area (Å²) in [5, 5.41) is 0. The van der Waals surface area contributed by atoms with Crippen LogP contribution in [0, 0.1) is 5.41 Å². The molecule has 1 fully saturated rings. The van der Waals surface area contributed by atoms with E-state index in [2.05, 4.69) is 0 Å². The quantitative estimate of drug-likeness (QED) is 0.629. The van der Waals surface area contributed by atoms with Gasteiger partial charge in [0.1, 0.15) is 6.04 Å². The lowest BCUT2D eigenvalue weighted by Crippen LogP contribution is -2.59. The van der Waals surface area contributed by atoms with E-state index in [0.717, 1.165) is 0 Å². The summed E-state index contributed by atoms with van der Waals surface area (Å²) in [5.74, 6) is -0.397. The molecule has 2 N–H and O–H groups in total. The van der Waals surface area contributed by atoms with E-state index in [1.165, 1.54) is 0 Å². The zero-order chi connectivity index (χ0) is 10.2. The van der Waals surface area contributed by atoms with Crippen molar-refractivity contribution in [2.45, 2.75) is 33.2 Å². The van der Waals surface area contributed by atoms with Crippen molar-refractivity contribution in [2.75, 3.05) is 6.54 Å². The first-order valence-corrected chi connectivity index (χ1v) is 4.44. The first-order valence-electron chi connectivity index (χ1n) is 4.44. The Kier molecular flexibility index (Phi) is 2.32. The maximum absolute atomic E-state index is 11.7. The minimum atomic E-state index is -0.422. The molecule has 0 aliphatic carbocycles. The molecule has 0 aromatic rings. The first-order chi connectivity index (χ1) is 5.84. The van der Waals surface area contributed by atoms with Gasteiger partial charge in [-0.2, -0.15) is 0 Å². The van der Waals surface area contributed by atoms with Crippen molar-refractivity contribution in [3.05, 3.63) is 0 Å². The molecule has 0 spiro atoms. The minimum absolute atomic E-state index is 0.00236. The summed E-state index contributed by atoms with van der Waals surface area (Å²) in [6.45, 7) is 6.17. The molecule has 1 saturated heterocycles. The molecule has 1 aliphatic rings. The molecule has 74 valence electrons. The third kappa shape index (κ3) is 1.82. The van der Waals surface area contributed by atoms with Crippen molar-refractivity contribution in [3.8, 4) is 0 Å². The van der Waals surface area contributed by atoms with Crippen LogP contribution in [0.15, 0.2) is 0 Å². The maximum Gasteiger partial charge on any atom is 0.240 e. The third-order valence-corrected chi connectivity index (χ3v) is 2.25. The smallest absolute Gasteiger partial charge is 0.240 e. The fourth-order valence-electron chi connectivity index (χ4n) is 1.36. The summed E-state index contributed by atoms with van der Waals surface area (Å²) >= 11 is 0. The molecule has 2 amide bonds. The molecule has 0 aromatic heterocycles. The van der Waals surface area contributed by atoms with Gasteiger partial charge >= 0.3 is 0 Å². The molecule has 1 aliphatic heterocycles. The molecule has 1 heterocycles. The molecule has 0 aromatic carbocycles. The van der Waals surface area contributed by atoms with Crippen LogP contribution in [0.1, 0.15) is 27.2 Å². The highest BCUT2D eigenvalue weighted by Crippen LogP contribution is 2.25. The van der Waals surface area contributed by atoms with Crippen LogP contribution in [0.25, 0.3) is 0 Å². The van der Waals surface area contributed by atoms with E-state index in [1.54, 1.807) is 4.90 Å². The van der Waals surface area contributed by atoms with Gasteiger partial charge in [0.05, 0.1) is 0 Å². The summed E-state index contributed by atoms with van der Waals surface area (Å²) in [4.78, 5) is 24.1. The Morgan fingerprint density at radius 1 is 1.38 bits per heavy atom. The number of amides is 2. The lowest BCUT2D eigenvalue weighted by Gasteiger charge is -2.42. The van der Waals surface area contributed by atoms with E-state index in [9.17, 15) is 9.59 Å². The van der Waals surface area contributed by atoms with Crippen LogP contribution < -0.4 is 5.73 Å². The van der Waals surface area contributed by atoms with Gasteiger partial charge in [0.25, 0.3) is 0 Å². The van der Waals surface area contributed by atoms with Crippen LogP contribution >= 0.6 is 0 Å². The average molecular weight is 184 g/mol. The molecule has 0 radical (unpaired) electrons. The van der Waals surface area contributed by atoms with Crippen molar-refractivity contribution in [2.24, 2.45) is 11.1 Å². The minimum Gasteiger partial charge on any atom is -0.368 e. The molecule has 0 bridgehead atoms. The largest absolute Gasteiger partial charge is 0.368 e. The van der Waals surface area contributed by atoms with Crippen molar-refractivity contribution >= 4 is 11.8 Å². The summed E-state index contributed by atoms with van der Waals surface area (Å²) in [5.41, 5.74) is 4.71. The number of hydrogen-bond acceptors (Lipinski definition) is 2. The standard InChI is InChI=1S/C9H16N2O2/c1-9(2,3)8(13)11-5-4-6(11)7(10)12/h6H,4-5H2,1-3H3,(H2,10,12). The first kappa shape index (κ1) is 10.0. The summed E-state index contributed by atoms with van der Waals surface area (Å²) < 4.78 is 0. The number of rotatable bonds is 1. The Labute approximate surface area is 78.1 Å². The van der Waals surface area contributed by atoms with Gasteiger partial charge < -0.3 is 10.6 Å². The van der Waals surface area contributed by atoms with Crippen molar-refractivity contribution in [1.29, 1.82) is 0 Å². The van der Waals surface area contributed by atoms with Crippen LogP contribution in [-0.2, 0) is 9.59 Å². The van der Waals surface area contributed by atoms with E-state index >= 15 is 0 Å². The SMILES string of the molecule is CC(C)(C)C(=O)N1CCC1C(N)=O. The van der Waals surface area contributed by atoms with Gasteiger partial charge in [0, 0.05) is 12.0 Å².